The van der Waals surface area contributed by atoms with Gasteiger partial charge in [-0.05, 0) is 63.4 Å². The molecule has 2 fully saturated rings. The second-order valence-electron chi connectivity index (χ2n) is 16.3. The molecule has 2 heterocycles. The highest BCUT2D eigenvalue weighted by Gasteiger charge is 2.41. The van der Waals surface area contributed by atoms with Crippen LogP contribution in [-0.2, 0) is 49.6 Å². The van der Waals surface area contributed by atoms with E-state index in [1.165, 1.54) is 16.7 Å². The van der Waals surface area contributed by atoms with Crippen LogP contribution in [0.2, 0.25) is 0 Å². The average molecular weight is 902 g/mol. The van der Waals surface area contributed by atoms with Crippen LogP contribution >= 0.6 is 0 Å². The lowest BCUT2D eigenvalue weighted by Crippen LogP contribution is -2.60. The number of aliphatic carboxylic acids is 2. The normalized spacial score (nSPS) is 18.7. The van der Waals surface area contributed by atoms with Crippen LogP contribution in [-0.4, -0.2) is 159 Å². The summed E-state index contributed by atoms with van der Waals surface area (Å²) < 4.78 is 0. The van der Waals surface area contributed by atoms with Crippen LogP contribution in [0.15, 0.2) is 35.3 Å². The van der Waals surface area contributed by atoms with E-state index in [0.29, 0.717) is 18.4 Å². The van der Waals surface area contributed by atoms with Gasteiger partial charge in [0.1, 0.15) is 48.3 Å². The van der Waals surface area contributed by atoms with Crippen molar-refractivity contribution in [2.24, 2.45) is 28.1 Å². The predicted molar refractivity (Wildman–Crippen MR) is 229 cm³/mol. The van der Waals surface area contributed by atoms with Gasteiger partial charge in [-0.1, -0.05) is 44.2 Å². The molecular formula is C41H63N11O12. The fourth-order valence-electron chi connectivity index (χ4n) is 7.50. The highest BCUT2D eigenvalue weighted by molar-refractivity contribution is 5.98. The number of carboxylic acids is 2. The highest BCUT2D eigenvalue weighted by Crippen LogP contribution is 2.22. The van der Waals surface area contributed by atoms with Crippen LogP contribution in [0.4, 0.5) is 0 Å². The number of nitrogens with one attached hydrogen (secondary N) is 5. The maximum Gasteiger partial charge on any atom is 0.326 e. The Hall–Kier alpha value is -6.36. The summed E-state index contributed by atoms with van der Waals surface area (Å²) in [7, 11) is 0. The third kappa shape index (κ3) is 15.8. The van der Waals surface area contributed by atoms with E-state index >= 15 is 0 Å². The SMILES string of the molecule is CC(C)C[C@H](NC(=O)[C@@H]1CCCN1C(=O)[C@H](CCCN=C(N)N)NC(=O)[C@H](Cc1ccccc1)NC(=O)[C@H](CC(=O)O)NC(=O)[C@@H]1CCCN1C(=O)[C@H](C)NC(=O)[C@@H](N)CO)C(=O)O. The van der Waals surface area contributed by atoms with Crippen molar-refractivity contribution < 1.29 is 58.5 Å². The Morgan fingerprint density at radius 2 is 1.28 bits per heavy atom. The quantitative estimate of drug-likeness (QED) is 0.0274. The predicted octanol–water partition coefficient (Wildman–Crippen LogP) is -3.37. The van der Waals surface area contributed by atoms with Gasteiger partial charge in [0.15, 0.2) is 5.96 Å². The summed E-state index contributed by atoms with van der Waals surface area (Å²) in [4.78, 5) is 126. The van der Waals surface area contributed by atoms with E-state index in [-0.39, 0.29) is 70.0 Å². The lowest BCUT2D eigenvalue weighted by atomic mass is 10.0. The van der Waals surface area contributed by atoms with Gasteiger partial charge in [0.05, 0.1) is 13.0 Å². The van der Waals surface area contributed by atoms with Crippen LogP contribution in [0.25, 0.3) is 0 Å². The van der Waals surface area contributed by atoms with Gasteiger partial charge in [0, 0.05) is 26.1 Å². The third-order valence-corrected chi connectivity index (χ3v) is 10.7. The molecule has 0 radical (unpaired) electrons. The zero-order chi connectivity index (χ0) is 47.7. The molecule has 23 heteroatoms. The molecule has 64 heavy (non-hydrogen) atoms. The maximum atomic E-state index is 14.3. The van der Waals surface area contributed by atoms with E-state index in [1.807, 2.05) is 0 Å². The lowest BCUT2D eigenvalue weighted by Gasteiger charge is -2.31. The molecule has 23 nitrogen and oxygen atoms in total. The Bertz CT molecular complexity index is 1860. The number of amides is 7. The first-order valence-electron chi connectivity index (χ1n) is 21.3. The molecule has 3 rings (SSSR count). The van der Waals surface area contributed by atoms with Gasteiger partial charge in [-0.2, -0.15) is 0 Å². The summed E-state index contributed by atoms with van der Waals surface area (Å²) >= 11 is 0. The summed E-state index contributed by atoms with van der Waals surface area (Å²) in [5.74, 6) is -8.56. The molecule has 2 saturated heterocycles. The third-order valence-electron chi connectivity index (χ3n) is 10.7. The van der Waals surface area contributed by atoms with E-state index in [4.69, 9.17) is 17.2 Å². The van der Waals surface area contributed by atoms with Crippen LogP contribution < -0.4 is 43.8 Å². The first-order valence-corrected chi connectivity index (χ1v) is 21.3. The zero-order valence-corrected chi connectivity index (χ0v) is 36.4. The monoisotopic (exact) mass is 901 g/mol. The zero-order valence-electron chi connectivity index (χ0n) is 36.4. The number of benzene rings is 1. The molecule has 0 spiro atoms. The van der Waals surface area contributed by atoms with Gasteiger partial charge in [-0.15, -0.1) is 0 Å². The Labute approximate surface area is 370 Å². The lowest BCUT2D eigenvalue weighted by molar-refractivity contribution is -0.145. The van der Waals surface area contributed by atoms with Crippen molar-refractivity contribution in [2.75, 3.05) is 26.2 Å². The van der Waals surface area contributed by atoms with Gasteiger partial charge in [0.2, 0.25) is 41.4 Å². The molecule has 0 aromatic heterocycles. The first-order chi connectivity index (χ1) is 30.2. The van der Waals surface area contributed by atoms with Crippen LogP contribution in [0, 0.1) is 5.92 Å². The Morgan fingerprint density at radius 3 is 1.81 bits per heavy atom. The first kappa shape index (κ1) is 52.0. The molecular weight excluding hydrogens is 839 g/mol. The maximum absolute atomic E-state index is 14.3. The molecule has 354 valence electrons. The number of carbonyl (C=O) groups excluding carboxylic acids is 7. The molecule has 2 aliphatic heterocycles. The summed E-state index contributed by atoms with van der Waals surface area (Å²) in [5.41, 5.74) is 17.1. The summed E-state index contributed by atoms with van der Waals surface area (Å²) in [6.45, 7) is 4.60. The van der Waals surface area contributed by atoms with E-state index in [2.05, 4.69) is 31.6 Å². The van der Waals surface area contributed by atoms with E-state index < -0.39 is 115 Å². The van der Waals surface area contributed by atoms with E-state index in [1.54, 1.807) is 44.2 Å². The van der Waals surface area contributed by atoms with Crippen LogP contribution in [0.1, 0.15) is 77.7 Å². The summed E-state index contributed by atoms with van der Waals surface area (Å²) in [6.07, 6.45) is 0.364. The van der Waals surface area contributed by atoms with Gasteiger partial charge >= 0.3 is 11.9 Å². The van der Waals surface area contributed by atoms with Crippen molar-refractivity contribution in [3.05, 3.63) is 35.9 Å². The number of aliphatic imine (C=N–C) groups is 1. The Kier molecular flexibility index (Phi) is 20.4. The number of aliphatic hydroxyl groups excluding tert-OH is 1. The Morgan fingerprint density at radius 1 is 0.734 bits per heavy atom. The van der Waals surface area contributed by atoms with Crippen molar-refractivity contribution in [1.82, 2.24) is 36.4 Å². The summed E-state index contributed by atoms with van der Waals surface area (Å²) in [6, 6.07) is -1.91. The second-order valence-corrected chi connectivity index (χ2v) is 16.3. The number of rotatable bonds is 24. The molecule has 2 aliphatic rings. The molecule has 1 aromatic rings. The smallest absolute Gasteiger partial charge is 0.326 e. The Balaban J connectivity index is 1.88. The van der Waals surface area contributed by atoms with Crippen molar-refractivity contribution in [3.63, 3.8) is 0 Å². The molecule has 14 N–H and O–H groups in total. The van der Waals surface area contributed by atoms with Crippen molar-refractivity contribution in [3.8, 4) is 0 Å². The molecule has 0 bridgehead atoms. The molecule has 0 unspecified atom stereocenters. The van der Waals surface area contributed by atoms with Gasteiger partial charge in [-0.25, -0.2) is 4.79 Å². The molecule has 0 aliphatic carbocycles. The van der Waals surface area contributed by atoms with Gasteiger partial charge in [0.25, 0.3) is 0 Å². The van der Waals surface area contributed by atoms with Crippen LogP contribution in [0.5, 0.6) is 0 Å². The number of aliphatic hydroxyl groups is 1. The molecule has 8 atom stereocenters. The van der Waals surface area contributed by atoms with Crippen molar-refractivity contribution >= 4 is 59.2 Å². The van der Waals surface area contributed by atoms with E-state index in [9.17, 15) is 58.5 Å². The number of nitrogens with two attached hydrogens (primary N) is 3. The number of hydrogen-bond donors (Lipinski definition) is 11. The minimum absolute atomic E-state index is 0.0336. The number of nitrogens with zero attached hydrogens (tertiary/aromatic N) is 3. The fraction of sp³-hybridized carbons (Fsp3) is 0.610. The number of likely N-dealkylation sites (tertiary alicyclic amines) is 2. The molecule has 7 amide bonds. The van der Waals surface area contributed by atoms with Gasteiger partial charge < -0.3 is 68.9 Å². The number of hydrogen-bond acceptors (Lipinski definition) is 12. The van der Waals surface area contributed by atoms with Gasteiger partial charge in [-0.3, -0.25) is 43.3 Å². The average Bonchev–Trinajstić information content (AvgIpc) is 3.94. The minimum atomic E-state index is -1.75. The number of guanidine groups is 1. The van der Waals surface area contributed by atoms with Crippen LogP contribution in [0.3, 0.4) is 0 Å². The summed E-state index contributed by atoms with van der Waals surface area (Å²) in [5, 5.41) is 41.2. The number of carboxylic acid groups (broad SMARTS) is 2. The molecule has 1 aromatic carbocycles. The topological polar surface area (TPSA) is 371 Å². The fourth-order valence-corrected chi connectivity index (χ4v) is 7.50. The highest BCUT2D eigenvalue weighted by atomic mass is 16.4. The largest absolute Gasteiger partial charge is 0.481 e. The van der Waals surface area contributed by atoms with E-state index in [0.717, 1.165) is 0 Å². The standard InChI is InChI=1S/C41H63N11O12/c1-22(2)18-29(40(63)64)50-37(60)31-14-9-17-52(31)39(62)26(12-7-15-45-41(43)44)47-34(57)27(19-24-10-5-4-6-11-24)48-35(58)28(20-32(54)55)49-36(59)30-13-8-16-51(30)38(61)23(3)46-33(56)25(42)21-53/h4-6,10-11,22-23,25-31,53H,7-9,12-21,42H2,1-3H3,(H,46,56)(H,47,57)(H,48,58)(H,49,59)(H,50,60)(H,54,55)(H,63,64)(H4,43,44,45)/t23-,25-,26-,27-,28-,29-,30-,31-/m0/s1. The second kappa shape index (κ2) is 25.1. The number of carbonyl (C=O) groups is 9. The minimum Gasteiger partial charge on any atom is -0.481 e. The van der Waals surface area contributed by atoms with Crippen molar-refractivity contribution in [2.45, 2.75) is 127 Å². The molecule has 0 saturated carbocycles. The van der Waals surface area contributed by atoms with Crippen molar-refractivity contribution in [1.29, 1.82) is 0 Å².